The van der Waals surface area contributed by atoms with Crippen LogP contribution in [0, 0.1) is 10.1 Å². The minimum absolute atomic E-state index is 0.101. The van der Waals surface area contributed by atoms with Gasteiger partial charge in [0.2, 0.25) is 10.0 Å². The monoisotopic (exact) mass is 493 g/mol. The van der Waals surface area contributed by atoms with E-state index < -0.39 is 26.9 Å². The zero-order valence-corrected chi connectivity index (χ0v) is 19.4. The van der Waals surface area contributed by atoms with Crippen molar-refractivity contribution in [1.29, 1.82) is 0 Å². The predicted octanol–water partition coefficient (Wildman–Crippen LogP) is 2.08. The van der Waals surface area contributed by atoms with Gasteiger partial charge < -0.3 is 10.2 Å². The minimum atomic E-state index is -3.62. The number of hydrogen-bond acceptors (Lipinski definition) is 7. The van der Waals surface area contributed by atoms with Crippen LogP contribution in [-0.4, -0.2) is 76.9 Å². The molecule has 34 heavy (non-hydrogen) atoms. The van der Waals surface area contributed by atoms with Crippen molar-refractivity contribution >= 4 is 27.6 Å². The van der Waals surface area contributed by atoms with Crippen LogP contribution < -0.4 is 0 Å². The molecule has 0 spiro atoms. The van der Waals surface area contributed by atoms with Crippen LogP contribution in [0.5, 0.6) is 0 Å². The molecule has 12 heteroatoms. The minimum Gasteiger partial charge on any atom is -0.473 e. The van der Waals surface area contributed by atoms with Crippen LogP contribution in [0.4, 0.5) is 5.69 Å². The van der Waals surface area contributed by atoms with E-state index in [0.29, 0.717) is 32.2 Å². The number of non-ortho nitro benzene ring substituents is 1. The number of piperazine rings is 1. The van der Waals surface area contributed by atoms with Crippen molar-refractivity contribution in [2.24, 2.45) is 0 Å². The second kappa shape index (κ2) is 12.2. The lowest BCUT2D eigenvalue weighted by atomic mass is 10.0. The first kappa shape index (κ1) is 26.9. The zero-order valence-electron chi connectivity index (χ0n) is 18.6. The number of nitro groups is 1. The standard InChI is InChI=1S/C20H25N3O4S.C2H2O4/c1-17(7-8-18-5-3-2-4-6-18)21-13-15-22(16-14-21)28(26,27)20-11-9-19(10-12-20)23(24)25;3-1(4)2(5)6/h2-6,9-12,17H,7-8,13-16H2,1H3;(H,3,4)(H,5,6). The van der Waals surface area contributed by atoms with E-state index in [-0.39, 0.29) is 10.6 Å². The van der Waals surface area contributed by atoms with E-state index in [4.69, 9.17) is 19.8 Å². The molecule has 184 valence electrons. The molecule has 1 fully saturated rings. The number of benzene rings is 2. The highest BCUT2D eigenvalue weighted by Gasteiger charge is 2.30. The van der Waals surface area contributed by atoms with Gasteiger partial charge in [0.15, 0.2) is 0 Å². The van der Waals surface area contributed by atoms with Crippen molar-refractivity contribution in [3.63, 3.8) is 0 Å². The summed E-state index contributed by atoms with van der Waals surface area (Å²) in [7, 11) is -3.62. The van der Waals surface area contributed by atoms with Gasteiger partial charge in [-0.1, -0.05) is 30.3 Å². The number of nitrogens with zero attached hydrogens (tertiary/aromatic N) is 3. The van der Waals surface area contributed by atoms with Crippen LogP contribution in [-0.2, 0) is 26.0 Å². The third-order valence-electron chi connectivity index (χ3n) is 5.46. The van der Waals surface area contributed by atoms with E-state index in [2.05, 4.69) is 24.0 Å². The maximum atomic E-state index is 12.8. The lowest BCUT2D eigenvalue weighted by Gasteiger charge is -2.37. The Labute approximate surface area is 197 Å². The highest BCUT2D eigenvalue weighted by Crippen LogP contribution is 2.22. The summed E-state index contributed by atoms with van der Waals surface area (Å²) in [5.41, 5.74) is 1.20. The molecular formula is C22H27N3O8S. The van der Waals surface area contributed by atoms with Gasteiger partial charge in [0.05, 0.1) is 9.82 Å². The second-order valence-electron chi connectivity index (χ2n) is 7.67. The Kier molecular flexibility index (Phi) is 9.66. The number of aryl methyl sites for hydroxylation is 1. The van der Waals surface area contributed by atoms with Crippen LogP contribution in [0.1, 0.15) is 18.9 Å². The summed E-state index contributed by atoms with van der Waals surface area (Å²) >= 11 is 0. The molecule has 1 unspecified atom stereocenters. The molecule has 0 aromatic heterocycles. The Hall–Kier alpha value is -3.35. The van der Waals surface area contributed by atoms with E-state index in [1.54, 1.807) is 0 Å². The van der Waals surface area contributed by atoms with Gasteiger partial charge >= 0.3 is 11.9 Å². The molecule has 1 saturated heterocycles. The van der Waals surface area contributed by atoms with Gasteiger partial charge in [-0.25, -0.2) is 18.0 Å². The maximum Gasteiger partial charge on any atom is 0.414 e. The number of sulfonamides is 1. The zero-order chi connectivity index (χ0) is 25.3. The van der Waals surface area contributed by atoms with E-state index in [9.17, 15) is 18.5 Å². The molecule has 1 aliphatic rings. The van der Waals surface area contributed by atoms with E-state index in [1.165, 1.54) is 34.1 Å². The molecule has 2 aromatic rings. The molecule has 1 heterocycles. The molecule has 2 aromatic carbocycles. The van der Waals surface area contributed by atoms with Gasteiger partial charge in [-0.15, -0.1) is 0 Å². The van der Waals surface area contributed by atoms with Gasteiger partial charge in [0.25, 0.3) is 5.69 Å². The van der Waals surface area contributed by atoms with Gasteiger partial charge in [0, 0.05) is 44.4 Å². The van der Waals surface area contributed by atoms with Crippen LogP contribution in [0.2, 0.25) is 0 Å². The van der Waals surface area contributed by atoms with Crippen LogP contribution in [0.15, 0.2) is 59.5 Å². The van der Waals surface area contributed by atoms with Crippen LogP contribution in [0.3, 0.4) is 0 Å². The number of nitro benzene ring substituents is 1. The number of rotatable bonds is 7. The lowest BCUT2D eigenvalue weighted by Crippen LogP contribution is -2.51. The van der Waals surface area contributed by atoms with Gasteiger partial charge in [-0.2, -0.15) is 4.31 Å². The molecule has 2 N–H and O–H groups in total. The normalized spacial score (nSPS) is 15.6. The quantitative estimate of drug-likeness (QED) is 0.334. The maximum absolute atomic E-state index is 12.8. The summed E-state index contributed by atoms with van der Waals surface area (Å²) < 4.78 is 27.1. The summed E-state index contributed by atoms with van der Waals surface area (Å²) in [4.78, 5) is 30.8. The Bertz CT molecular complexity index is 1070. The van der Waals surface area contributed by atoms with Crippen molar-refractivity contribution in [2.45, 2.75) is 30.7 Å². The number of carbonyl (C=O) groups is 2. The Morgan fingerprint density at radius 1 is 0.971 bits per heavy atom. The summed E-state index contributed by atoms with van der Waals surface area (Å²) in [6.07, 6.45) is 2.03. The van der Waals surface area contributed by atoms with Crippen molar-refractivity contribution in [1.82, 2.24) is 9.21 Å². The van der Waals surface area contributed by atoms with Gasteiger partial charge in [-0.3, -0.25) is 15.0 Å². The number of carboxylic acids is 2. The molecule has 3 rings (SSSR count). The summed E-state index contributed by atoms with van der Waals surface area (Å²) in [6, 6.07) is 15.8. The summed E-state index contributed by atoms with van der Waals surface area (Å²) in [5, 5.41) is 25.5. The number of carboxylic acid groups (broad SMARTS) is 2. The molecule has 0 aliphatic carbocycles. The molecule has 0 amide bonds. The number of hydrogen-bond donors (Lipinski definition) is 2. The van der Waals surface area contributed by atoms with Crippen molar-refractivity contribution < 1.29 is 33.1 Å². The van der Waals surface area contributed by atoms with Gasteiger partial charge in [-0.05, 0) is 37.5 Å². The Balaban J connectivity index is 0.000000604. The first-order valence-electron chi connectivity index (χ1n) is 10.5. The molecule has 11 nitrogen and oxygen atoms in total. The fourth-order valence-electron chi connectivity index (χ4n) is 3.48. The summed E-state index contributed by atoms with van der Waals surface area (Å²) in [5.74, 6) is -3.65. The lowest BCUT2D eigenvalue weighted by molar-refractivity contribution is -0.384. The SMILES string of the molecule is CC(CCc1ccccc1)N1CCN(S(=O)(=O)c2ccc([N+](=O)[O-])cc2)CC1.O=C(O)C(=O)O. The highest BCUT2D eigenvalue weighted by molar-refractivity contribution is 7.89. The van der Waals surface area contributed by atoms with Crippen molar-refractivity contribution in [3.8, 4) is 0 Å². The van der Waals surface area contributed by atoms with Crippen LogP contribution in [0.25, 0.3) is 0 Å². The predicted molar refractivity (Wildman–Crippen MR) is 123 cm³/mol. The van der Waals surface area contributed by atoms with E-state index in [1.807, 2.05) is 18.2 Å². The summed E-state index contributed by atoms with van der Waals surface area (Å²) in [6.45, 7) is 4.40. The first-order valence-corrected chi connectivity index (χ1v) is 11.9. The van der Waals surface area contributed by atoms with Crippen molar-refractivity contribution in [2.75, 3.05) is 26.2 Å². The van der Waals surface area contributed by atoms with Gasteiger partial charge in [0.1, 0.15) is 0 Å². The third-order valence-corrected chi connectivity index (χ3v) is 7.37. The Morgan fingerprint density at radius 3 is 1.97 bits per heavy atom. The third kappa shape index (κ3) is 7.61. The first-order chi connectivity index (χ1) is 16.0. The topological polar surface area (TPSA) is 158 Å². The molecule has 0 bridgehead atoms. The number of aliphatic carboxylic acids is 2. The fourth-order valence-corrected chi connectivity index (χ4v) is 4.90. The molecule has 0 radical (unpaired) electrons. The smallest absolute Gasteiger partial charge is 0.414 e. The fraction of sp³-hybridized carbons (Fsp3) is 0.364. The average molecular weight is 494 g/mol. The largest absolute Gasteiger partial charge is 0.473 e. The van der Waals surface area contributed by atoms with E-state index in [0.717, 1.165) is 12.8 Å². The Morgan fingerprint density at radius 2 is 1.50 bits per heavy atom. The molecular weight excluding hydrogens is 466 g/mol. The highest BCUT2D eigenvalue weighted by atomic mass is 32.2. The molecule has 1 aliphatic heterocycles. The average Bonchev–Trinajstić information content (AvgIpc) is 2.83. The van der Waals surface area contributed by atoms with Crippen LogP contribution >= 0.6 is 0 Å². The van der Waals surface area contributed by atoms with E-state index >= 15 is 0 Å². The molecule has 0 saturated carbocycles. The van der Waals surface area contributed by atoms with Crippen molar-refractivity contribution in [3.05, 3.63) is 70.3 Å². The molecule has 1 atom stereocenters. The second-order valence-corrected chi connectivity index (χ2v) is 9.61.